The fourth-order valence-electron chi connectivity index (χ4n) is 2.38. The van der Waals surface area contributed by atoms with Gasteiger partial charge in [-0.2, -0.15) is 5.26 Å². The van der Waals surface area contributed by atoms with Crippen LogP contribution in [0.4, 0.5) is 5.69 Å². The van der Waals surface area contributed by atoms with Crippen LogP contribution in [0.15, 0.2) is 40.4 Å². The maximum absolute atomic E-state index is 12.5. The Morgan fingerprint density at radius 3 is 2.58 bits per heavy atom. The number of ether oxygens (including phenoxy) is 3. The van der Waals surface area contributed by atoms with E-state index < -0.39 is 11.9 Å². The summed E-state index contributed by atoms with van der Waals surface area (Å²) in [6.07, 6.45) is 1.38. The fourth-order valence-corrected chi connectivity index (χ4v) is 3.26. The van der Waals surface area contributed by atoms with E-state index in [0.29, 0.717) is 26.5 Å². The number of esters is 1. The van der Waals surface area contributed by atoms with Crippen molar-refractivity contribution >= 4 is 62.8 Å². The smallest absolute Gasteiger partial charge is 0.344 e. The molecule has 0 saturated heterocycles. The molecule has 0 atom stereocenters. The maximum atomic E-state index is 12.5. The molecule has 0 aromatic heterocycles. The molecule has 1 amide bonds. The Morgan fingerprint density at radius 2 is 1.97 bits per heavy atom. The number of hydrogen-bond donors (Lipinski definition) is 1. The molecule has 0 fully saturated rings. The number of carbonyl (C=O) groups excluding carboxylic acids is 2. The van der Waals surface area contributed by atoms with Gasteiger partial charge < -0.3 is 19.5 Å². The van der Waals surface area contributed by atoms with Crippen molar-refractivity contribution in [1.29, 1.82) is 5.26 Å². The van der Waals surface area contributed by atoms with Gasteiger partial charge >= 0.3 is 5.97 Å². The van der Waals surface area contributed by atoms with E-state index in [1.165, 1.54) is 25.3 Å². The third-order valence-corrected chi connectivity index (χ3v) is 5.07. The van der Waals surface area contributed by atoms with Gasteiger partial charge in [0.2, 0.25) is 0 Å². The topological polar surface area (TPSA) is 97.7 Å². The van der Waals surface area contributed by atoms with Crippen molar-refractivity contribution in [3.05, 3.63) is 56.0 Å². The summed E-state index contributed by atoms with van der Waals surface area (Å²) in [5.41, 5.74) is 0.732. The Hall–Kier alpha value is -2.73. The summed E-state index contributed by atoms with van der Waals surface area (Å²) in [7, 11) is 1.43. The van der Waals surface area contributed by atoms with Crippen molar-refractivity contribution in [2.75, 3.05) is 25.6 Å². The summed E-state index contributed by atoms with van der Waals surface area (Å²) in [5.74, 6) is -0.566. The van der Waals surface area contributed by atoms with Gasteiger partial charge in [0.05, 0.1) is 28.2 Å². The Bertz CT molecular complexity index is 1070. The molecule has 0 aliphatic rings. The molecular weight excluding hydrogens is 511 g/mol. The second kappa shape index (κ2) is 11.6. The number of methoxy groups -OCH3 is 1. The minimum Gasteiger partial charge on any atom is -0.493 e. The van der Waals surface area contributed by atoms with E-state index in [9.17, 15) is 14.9 Å². The predicted molar refractivity (Wildman–Crippen MR) is 122 cm³/mol. The first-order valence-electron chi connectivity index (χ1n) is 8.83. The van der Waals surface area contributed by atoms with Crippen LogP contribution in [0.25, 0.3) is 6.08 Å². The monoisotopic (exact) mass is 526 g/mol. The standard InChI is InChI=1S/C21H17BrCl2N2O5/c1-3-30-19(27)11-31-20-15(22)7-12(8-18(20)29-2)6-13(10-25)21(28)26-14-4-5-16(23)17(24)9-14/h4-9H,3,11H2,1-2H3,(H,26,28)/b13-6+. The van der Waals surface area contributed by atoms with Gasteiger partial charge in [-0.3, -0.25) is 4.79 Å². The number of benzene rings is 2. The Labute approximate surface area is 197 Å². The lowest BCUT2D eigenvalue weighted by atomic mass is 10.1. The Morgan fingerprint density at radius 1 is 1.23 bits per heavy atom. The molecule has 0 radical (unpaired) electrons. The zero-order valence-corrected chi connectivity index (χ0v) is 19.6. The zero-order chi connectivity index (χ0) is 23.0. The van der Waals surface area contributed by atoms with E-state index in [-0.39, 0.29) is 29.6 Å². The predicted octanol–water partition coefficient (Wildman–Crippen LogP) is 5.25. The minimum atomic E-state index is -0.626. The molecule has 0 saturated carbocycles. The minimum absolute atomic E-state index is 0.153. The highest BCUT2D eigenvalue weighted by Crippen LogP contribution is 2.37. The average Bonchev–Trinajstić information content (AvgIpc) is 2.73. The van der Waals surface area contributed by atoms with Crippen LogP contribution < -0.4 is 14.8 Å². The van der Waals surface area contributed by atoms with Gasteiger partial charge in [0.1, 0.15) is 11.6 Å². The summed E-state index contributed by atoms with van der Waals surface area (Å²) in [5, 5.41) is 12.6. The van der Waals surface area contributed by atoms with Crippen LogP contribution in [-0.2, 0) is 14.3 Å². The van der Waals surface area contributed by atoms with Crippen molar-refractivity contribution in [3.63, 3.8) is 0 Å². The van der Waals surface area contributed by atoms with Crippen molar-refractivity contribution < 1.29 is 23.8 Å². The molecular formula is C21H17BrCl2N2O5. The van der Waals surface area contributed by atoms with Crippen LogP contribution in [0.2, 0.25) is 10.0 Å². The molecule has 0 unspecified atom stereocenters. The van der Waals surface area contributed by atoms with Crippen LogP contribution >= 0.6 is 39.1 Å². The first-order valence-corrected chi connectivity index (χ1v) is 10.4. The van der Waals surface area contributed by atoms with Crippen LogP contribution in [0, 0.1) is 11.3 Å². The number of nitrogens with one attached hydrogen (secondary N) is 1. The first kappa shape index (κ1) is 24.5. The summed E-state index contributed by atoms with van der Waals surface area (Å²) in [6.45, 7) is 1.64. The number of hydrogen-bond acceptors (Lipinski definition) is 6. The number of anilines is 1. The Kier molecular flexibility index (Phi) is 9.19. The fraction of sp³-hybridized carbons (Fsp3) is 0.190. The second-order valence-electron chi connectivity index (χ2n) is 5.88. The van der Waals surface area contributed by atoms with Crippen LogP contribution in [0.3, 0.4) is 0 Å². The van der Waals surface area contributed by atoms with Gasteiger partial charge in [0, 0.05) is 5.69 Å². The van der Waals surface area contributed by atoms with E-state index in [4.69, 9.17) is 37.4 Å². The lowest BCUT2D eigenvalue weighted by Gasteiger charge is -2.13. The SMILES string of the molecule is CCOC(=O)COc1c(Br)cc(/C=C(\C#N)C(=O)Nc2ccc(Cl)c(Cl)c2)cc1OC. The molecule has 2 aromatic carbocycles. The molecule has 31 heavy (non-hydrogen) atoms. The van der Waals surface area contributed by atoms with Gasteiger partial charge in [-0.1, -0.05) is 23.2 Å². The quantitative estimate of drug-likeness (QED) is 0.286. The molecule has 0 bridgehead atoms. The van der Waals surface area contributed by atoms with E-state index in [2.05, 4.69) is 21.2 Å². The molecule has 0 aliphatic carbocycles. The third-order valence-electron chi connectivity index (χ3n) is 3.75. The summed E-state index contributed by atoms with van der Waals surface area (Å²) < 4.78 is 16.1. The normalized spacial score (nSPS) is 10.8. The second-order valence-corrected chi connectivity index (χ2v) is 7.55. The molecule has 7 nitrogen and oxygen atoms in total. The molecule has 1 N–H and O–H groups in total. The van der Waals surface area contributed by atoms with E-state index >= 15 is 0 Å². The summed E-state index contributed by atoms with van der Waals surface area (Å²) >= 11 is 15.2. The largest absolute Gasteiger partial charge is 0.493 e. The number of halogens is 3. The van der Waals surface area contributed by atoms with Crippen molar-refractivity contribution in [1.82, 2.24) is 0 Å². The molecule has 10 heteroatoms. The molecule has 2 rings (SSSR count). The summed E-state index contributed by atoms with van der Waals surface area (Å²) in [6, 6.07) is 9.62. The number of nitriles is 1. The highest BCUT2D eigenvalue weighted by molar-refractivity contribution is 9.10. The van der Waals surface area contributed by atoms with Crippen molar-refractivity contribution in [2.24, 2.45) is 0 Å². The lowest BCUT2D eigenvalue weighted by molar-refractivity contribution is -0.145. The zero-order valence-electron chi connectivity index (χ0n) is 16.5. The number of carbonyl (C=O) groups is 2. The van der Waals surface area contributed by atoms with Gasteiger partial charge in [0.15, 0.2) is 18.1 Å². The van der Waals surface area contributed by atoms with Crippen molar-refractivity contribution in [2.45, 2.75) is 6.92 Å². The first-order chi connectivity index (χ1) is 14.8. The van der Waals surface area contributed by atoms with E-state index in [1.807, 2.05) is 6.07 Å². The average molecular weight is 528 g/mol. The van der Waals surface area contributed by atoms with Crippen molar-refractivity contribution in [3.8, 4) is 17.6 Å². The number of nitrogens with zero attached hydrogens (tertiary/aromatic N) is 1. The van der Waals surface area contributed by atoms with Gasteiger partial charge in [-0.15, -0.1) is 0 Å². The maximum Gasteiger partial charge on any atom is 0.344 e. The van der Waals surface area contributed by atoms with Gasteiger partial charge in [-0.25, -0.2) is 4.79 Å². The third kappa shape index (κ3) is 6.89. The van der Waals surface area contributed by atoms with Gasteiger partial charge in [0.25, 0.3) is 5.91 Å². The molecule has 2 aromatic rings. The molecule has 0 spiro atoms. The van der Waals surface area contributed by atoms with E-state index in [1.54, 1.807) is 25.1 Å². The van der Waals surface area contributed by atoms with Crippen LogP contribution in [0.5, 0.6) is 11.5 Å². The molecule has 0 aliphatic heterocycles. The molecule has 162 valence electrons. The Balaban J connectivity index is 2.25. The molecule has 0 heterocycles. The lowest BCUT2D eigenvalue weighted by Crippen LogP contribution is -2.15. The van der Waals surface area contributed by atoms with Crippen LogP contribution in [0.1, 0.15) is 12.5 Å². The van der Waals surface area contributed by atoms with Crippen LogP contribution in [-0.4, -0.2) is 32.2 Å². The number of rotatable bonds is 8. The van der Waals surface area contributed by atoms with Gasteiger partial charge in [-0.05, 0) is 64.8 Å². The highest BCUT2D eigenvalue weighted by Gasteiger charge is 2.16. The number of amides is 1. The highest BCUT2D eigenvalue weighted by atomic mass is 79.9. The summed E-state index contributed by atoms with van der Waals surface area (Å²) in [4.78, 5) is 24.0. The van der Waals surface area contributed by atoms with E-state index in [0.717, 1.165) is 0 Å².